The Morgan fingerprint density at radius 1 is 0.941 bits per heavy atom. The van der Waals surface area contributed by atoms with Crippen LogP contribution in [0.25, 0.3) is 11.1 Å². The lowest BCUT2D eigenvalue weighted by Gasteiger charge is -2.30. The number of rotatable bonds is 10. The van der Waals surface area contributed by atoms with Crippen LogP contribution in [0.3, 0.4) is 0 Å². The Labute approximate surface area is 201 Å². The minimum Gasteiger partial charge on any atom is -0.480 e. The molecule has 0 saturated heterocycles. The molecule has 7 nitrogen and oxygen atoms in total. The minimum atomic E-state index is -1.09. The third kappa shape index (κ3) is 5.95. The topological polar surface area (TPSA) is 95.9 Å². The Hall–Kier alpha value is -3.35. The fourth-order valence-corrected chi connectivity index (χ4v) is 4.40. The van der Waals surface area contributed by atoms with Gasteiger partial charge in [0.25, 0.3) is 0 Å². The third-order valence-corrected chi connectivity index (χ3v) is 6.18. The van der Waals surface area contributed by atoms with Gasteiger partial charge in [0.1, 0.15) is 19.2 Å². The first kappa shape index (κ1) is 25.3. The summed E-state index contributed by atoms with van der Waals surface area (Å²) in [7, 11) is 0. The summed E-state index contributed by atoms with van der Waals surface area (Å²) in [6.45, 7) is 7.31. The molecule has 2 aromatic rings. The van der Waals surface area contributed by atoms with Gasteiger partial charge in [0.15, 0.2) is 0 Å². The van der Waals surface area contributed by atoms with E-state index in [2.05, 4.69) is 17.4 Å². The van der Waals surface area contributed by atoms with Crippen molar-refractivity contribution >= 4 is 18.0 Å². The first-order valence-electron chi connectivity index (χ1n) is 11.8. The van der Waals surface area contributed by atoms with E-state index in [1.165, 1.54) is 4.90 Å². The number of carbonyl (C=O) groups is 3. The molecule has 1 atom stereocenters. The summed E-state index contributed by atoms with van der Waals surface area (Å²) >= 11 is 0. The molecule has 2 aromatic carbocycles. The van der Waals surface area contributed by atoms with E-state index in [-0.39, 0.29) is 18.6 Å². The van der Waals surface area contributed by atoms with E-state index in [4.69, 9.17) is 4.74 Å². The number of carboxylic acid groups (broad SMARTS) is 1. The van der Waals surface area contributed by atoms with Crippen molar-refractivity contribution in [1.29, 1.82) is 0 Å². The number of aliphatic carboxylic acids is 1. The maximum absolute atomic E-state index is 13.1. The molecular formula is C27H34N2O5. The zero-order valence-electron chi connectivity index (χ0n) is 20.3. The van der Waals surface area contributed by atoms with Gasteiger partial charge in [-0.1, -0.05) is 62.4 Å². The summed E-state index contributed by atoms with van der Waals surface area (Å²) in [5.74, 6) is -1.26. The van der Waals surface area contributed by atoms with Crippen LogP contribution < -0.4 is 5.32 Å². The van der Waals surface area contributed by atoms with Crippen LogP contribution in [-0.4, -0.2) is 53.2 Å². The van der Waals surface area contributed by atoms with Crippen molar-refractivity contribution in [2.45, 2.75) is 58.5 Å². The van der Waals surface area contributed by atoms with Gasteiger partial charge in [0, 0.05) is 12.0 Å². The van der Waals surface area contributed by atoms with Gasteiger partial charge in [-0.15, -0.1) is 0 Å². The first-order valence-corrected chi connectivity index (χ1v) is 11.8. The highest BCUT2D eigenvalue weighted by Crippen LogP contribution is 2.44. The molecule has 0 aromatic heterocycles. The number of amides is 2. The number of nitrogens with zero attached hydrogens (tertiary/aromatic N) is 1. The Bertz CT molecular complexity index is 988. The minimum absolute atomic E-state index is 0.0814. The second kappa shape index (κ2) is 11.2. The molecule has 182 valence electrons. The number of alkyl carbamates (subject to hydrolysis) is 1. The van der Waals surface area contributed by atoms with Crippen LogP contribution in [0.15, 0.2) is 48.5 Å². The van der Waals surface area contributed by atoms with Crippen LogP contribution in [0.2, 0.25) is 0 Å². The Morgan fingerprint density at radius 2 is 1.50 bits per heavy atom. The number of carboxylic acids is 1. The van der Waals surface area contributed by atoms with Crippen LogP contribution in [0, 0.1) is 5.92 Å². The van der Waals surface area contributed by atoms with Crippen LogP contribution in [0.4, 0.5) is 4.79 Å². The van der Waals surface area contributed by atoms with Crippen molar-refractivity contribution in [3.63, 3.8) is 0 Å². The average molecular weight is 467 g/mol. The number of hydrogen-bond acceptors (Lipinski definition) is 4. The van der Waals surface area contributed by atoms with Crippen molar-refractivity contribution < 1.29 is 24.2 Å². The quantitative estimate of drug-likeness (QED) is 0.531. The van der Waals surface area contributed by atoms with Gasteiger partial charge in [-0.3, -0.25) is 9.59 Å². The number of benzene rings is 2. The lowest BCUT2D eigenvalue weighted by Crippen LogP contribution is -2.52. The van der Waals surface area contributed by atoms with Crippen molar-refractivity contribution in [3.8, 4) is 11.1 Å². The summed E-state index contributed by atoms with van der Waals surface area (Å²) in [5, 5.41) is 11.9. The van der Waals surface area contributed by atoms with Crippen LogP contribution >= 0.6 is 0 Å². The molecule has 3 rings (SSSR count). The van der Waals surface area contributed by atoms with E-state index >= 15 is 0 Å². The number of nitrogens with one attached hydrogen (secondary N) is 1. The average Bonchev–Trinajstić information content (AvgIpc) is 3.11. The molecule has 1 aliphatic carbocycles. The lowest BCUT2D eigenvalue weighted by molar-refractivity contribution is -0.146. The molecule has 0 fully saturated rings. The van der Waals surface area contributed by atoms with Crippen LogP contribution in [-0.2, 0) is 14.3 Å². The summed E-state index contributed by atoms with van der Waals surface area (Å²) < 4.78 is 5.61. The van der Waals surface area contributed by atoms with E-state index in [0.717, 1.165) is 22.3 Å². The highest BCUT2D eigenvalue weighted by Gasteiger charge is 2.31. The maximum Gasteiger partial charge on any atom is 0.407 e. The van der Waals surface area contributed by atoms with E-state index in [1.807, 2.05) is 50.2 Å². The summed E-state index contributed by atoms with van der Waals surface area (Å²) in [5.41, 5.74) is 4.49. The normalized spacial score (nSPS) is 13.4. The number of carbonyl (C=O) groups excluding carboxylic acids is 2. The first-order chi connectivity index (χ1) is 16.2. The highest BCUT2D eigenvalue weighted by molar-refractivity contribution is 5.88. The summed E-state index contributed by atoms with van der Waals surface area (Å²) in [4.78, 5) is 38.5. The fourth-order valence-electron chi connectivity index (χ4n) is 4.40. The molecule has 0 bridgehead atoms. The van der Waals surface area contributed by atoms with Gasteiger partial charge in [-0.05, 0) is 54.9 Å². The number of fused-ring (bicyclic) bond motifs is 3. The monoisotopic (exact) mass is 466 g/mol. The molecule has 1 unspecified atom stereocenters. The van der Waals surface area contributed by atoms with Crippen molar-refractivity contribution in [2.75, 3.05) is 13.2 Å². The molecule has 0 radical (unpaired) electrons. The van der Waals surface area contributed by atoms with Gasteiger partial charge in [-0.2, -0.15) is 0 Å². The second-order valence-electron chi connectivity index (χ2n) is 9.45. The number of ether oxygens (including phenoxy) is 1. The molecule has 0 aliphatic heterocycles. The molecule has 7 heteroatoms. The standard InChI is InChI=1S/C27H34N2O5/c1-17(2)13-14-24(26(32)29(18(3)4)15-25(30)31)28-27(33)34-16-23-21-11-7-5-9-19(21)20-10-6-8-12-22(20)23/h5-12,17-18,23-24H,13-16H2,1-4H3,(H,28,33)(H,30,31). The molecule has 34 heavy (non-hydrogen) atoms. The summed E-state index contributed by atoms with van der Waals surface area (Å²) in [6.07, 6.45) is 0.436. The van der Waals surface area contributed by atoms with Crippen molar-refractivity contribution in [1.82, 2.24) is 10.2 Å². The third-order valence-electron chi connectivity index (χ3n) is 6.18. The second-order valence-corrected chi connectivity index (χ2v) is 9.45. The molecule has 2 N–H and O–H groups in total. The van der Waals surface area contributed by atoms with Crippen molar-refractivity contribution in [3.05, 3.63) is 59.7 Å². The SMILES string of the molecule is CC(C)CCC(NC(=O)OCC1c2ccccc2-c2ccccc21)C(=O)N(CC(=O)O)C(C)C. The highest BCUT2D eigenvalue weighted by atomic mass is 16.5. The predicted octanol–water partition coefficient (Wildman–Crippen LogP) is 4.65. The van der Waals surface area contributed by atoms with Gasteiger partial charge >= 0.3 is 12.1 Å². The molecule has 0 heterocycles. The van der Waals surface area contributed by atoms with Gasteiger partial charge in [-0.25, -0.2) is 4.79 Å². The molecule has 2 amide bonds. The molecular weight excluding hydrogens is 432 g/mol. The Kier molecular flexibility index (Phi) is 8.31. The van der Waals surface area contributed by atoms with Crippen LogP contribution in [0.5, 0.6) is 0 Å². The van der Waals surface area contributed by atoms with E-state index in [1.54, 1.807) is 13.8 Å². The maximum atomic E-state index is 13.1. The number of hydrogen-bond donors (Lipinski definition) is 2. The Balaban J connectivity index is 1.71. The van der Waals surface area contributed by atoms with Crippen molar-refractivity contribution in [2.24, 2.45) is 5.92 Å². The molecule has 0 spiro atoms. The lowest BCUT2D eigenvalue weighted by atomic mass is 9.98. The van der Waals surface area contributed by atoms with E-state index in [0.29, 0.717) is 18.8 Å². The van der Waals surface area contributed by atoms with E-state index < -0.39 is 30.6 Å². The van der Waals surface area contributed by atoms with Gasteiger partial charge in [0.2, 0.25) is 5.91 Å². The zero-order valence-corrected chi connectivity index (χ0v) is 20.3. The van der Waals surface area contributed by atoms with E-state index in [9.17, 15) is 19.5 Å². The Morgan fingerprint density at radius 3 is 2.00 bits per heavy atom. The molecule has 1 aliphatic rings. The van der Waals surface area contributed by atoms with Gasteiger partial charge in [0.05, 0.1) is 0 Å². The van der Waals surface area contributed by atoms with Crippen LogP contribution in [0.1, 0.15) is 57.6 Å². The zero-order chi connectivity index (χ0) is 24.8. The largest absolute Gasteiger partial charge is 0.480 e. The van der Waals surface area contributed by atoms with Gasteiger partial charge < -0.3 is 20.1 Å². The fraction of sp³-hybridized carbons (Fsp3) is 0.444. The smallest absolute Gasteiger partial charge is 0.407 e. The summed E-state index contributed by atoms with van der Waals surface area (Å²) in [6, 6.07) is 15.0. The molecule has 0 saturated carbocycles. The predicted molar refractivity (Wildman–Crippen MR) is 131 cm³/mol.